The first kappa shape index (κ1) is 14.0. The quantitative estimate of drug-likeness (QED) is 0.689. The molecule has 1 unspecified atom stereocenters. The lowest BCUT2D eigenvalue weighted by Crippen LogP contribution is -2.32. The van der Waals surface area contributed by atoms with Crippen molar-refractivity contribution in [1.82, 2.24) is 4.90 Å². The third kappa shape index (κ3) is 4.84. The third-order valence-corrected chi connectivity index (χ3v) is 4.18. The first-order valence-corrected chi connectivity index (χ1v) is 6.86. The van der Waals surface area contributed by atoms with Crippen molar-refractivity contribution >= 4 is 0 Å². The Morgan fingerprint density at radius 3 is 2.44 bits per heavy atom. The molecule has 16 heavy (non-hydrogen) atoms. The lowest BCUT2D eigenvalue weighted by molar-refractivity contribution is 0.210. The van der Waals surface area contributed by atoms with Gasteiger partial charge in [0.1, 0.15) is 0 Å². The van der Waals surface area contributed by atoms with Crippen molar-refractivity contribution in [3.05, 3.63) is 0 Å². The van der Waals surface area contributed by atoms with Gasteiger partial charge >= 0.3 is 0 Å². The number of nitrogens with two attached hydrogens (primary N) is 1. The second-order valence-electron chi connectivity index (χ2n) is 6.37. The van der Waals surface area contributed by atoms with Crippen LogP contribution in [0.25, 0.3) is 0 Å². The van der Waals surface area contributed by atoms with Gasteiger partial charge in [0.25, 0.3) is 0 Å². The summed E-state index contributed by atoms with van der Waals surface area (Å²) in [5.41, 5.74) is 6.06. The predicted octanol–water partition coefficient (Wildman–Crippen LogP) is 2.87. The Kier molecular flexibility index (Phi) is 5.26. The first-order chi connectivity index (χ1) is 7.46. The maximum absolute atomic E-state index is 5.63. The molecule has 0 aromatic carbocycles. The Labute approximate surface area is 102 Å². The maximum atomic E-state index is 5.63. The van der Waals surface area contributed by atoms with E-state index in [9.17, 15) is 0 Å². The molecule has 2 N–H and O–H groups in total. The van der Waals surface area contributed by atoms with Crippen LogP contribution < -0.4 is 5.73 Å². The Morgan fingerprint density at radius 1 is 1.31 bits per heavy atom. The molecule has 1 fully saturated rings. The van der Waals surface area contributed by atoms with E-state index in [-0.39, 0.29) is 0 Å². The summed E-state index contributed by atoms with van der Waals surface area (Å²) in [6, 6.07) is 0.789. The largest absolute Gasteiger partial charge is 0.330 e. The molecule has 0 saturated heterocycles. The molecule has 0 bridgehead atoms. The Bertz CT molecular complexity index is 197. The fourth-order valence-corrected chi connectivity index (χ4v) is 2.46. The Hall–Kier alpha value is -0.0800. The molecular formula is C14H30N2. The van der Waals surface area contributed by atoms with E-state index in [0.29, 0.717) is 5.41 Å². The van der Waals surface area contributed by atoms with Gasteiger partial charge in [-0.2, -0.15) is 0 Å². The zero-order chi connectivity index (χ0) is 12.2. The second kappa shape index (κ2) is 6.02. The van der Waals surface area contributed by atoms with E-state index in [1.807, 2.05) is 0 Å². The Morgan fingerprint density at radius 2 is 1.94 bits per heavy atom. The van der Waals surface area contributed by atoms with Gasteiger partial charge in [-0.1, -0.05) is 13.8 Å². The minimum Gasteiger partial charge on any atom is -0.330 e. The summed E-state index contributed by atoms with van der Waals surface area (Å²) in [5.74, 6) is 0.988. The smallest absolute Gasteiger partial charge is 0.00921 e. The average Bonchev–Trinajstić information content (AvgIpc) is 2.99. The molecule has 1 atom stereocenters. The predicted molar refractivity (Wildman–Crippen MR) is 71.5 cm³/mol. The van der Waals surface area contributed by atoms with E-state index in [2.05, 4.69) is 32.7 Å². The topological polar surface area (TPSA) is 29.3 Å². The van der Waals surface area contributed by atoms with Crippen LogP contribution in [-0.2, 0) is 0 Å². The van der Waals surface area contributed by atoms with Crippen molar-refractivity contribution in [2.24, 2.45) is 17.1 Å². The molecule has 2 heteroatoms. The lowest BCUT2D eigenvalue weighted by atomic mass is 9.84. The summed E-state index contributed by atoms with van der Waals surface area (Å²) < 4.78 is 0. The second-order valence-corrected chi connectivity index (χ2v) is 6.37. The zero-order valence-corrected chi connectivity index (χ0v) is 11.6. The summed E-state index contributed by atoms with van der Waals surface area (Å²) in [6.07, 6.45) is 6.65. The highest BCUT2D eigenvalue weighted by atomic mass is 15.1. The third-order valence-electron chi connectivity index (χ3n) is 4.18. The van der Waals surface area contributed by atoms with Crippen LogP contribution in [0.2, 0.25) is 0 Å². The van der Waals surface area contributed by atoms with E-state index >= 15 is 0 Å². The van der Waals surface area contributed by atoms with Gasteiger partial charge in [0.05, 0.1) is 0 Å². The molecule has 0 radical (unpaired) electrons. The zero-order valence-electron chi connectivity index (χ0n) is 11.6. The van der Waals surface area contributed by atoms with Crippen LogP contribution in [0, 0.1) is 11.3 Å². The maximum Gasteiger partial charge on any atom is 0.00921 e. The van der Waals surface area contributed by atoms with Crippen LogP contribution in [0.5, 0.6) is 0 Å². The molecule has 0 heterocycles. The highest BCUT2D eigenvalue weighted by molar-refractivity contribution is 4.84. The van der Waals surface area contributed by atoms with E-state index in [1.54, 1.807) is 0 Å². The van der Waals surface area contributed by atoms with Gasteiger partial charge < -0.3 is 10.6 Å². The summed E-state index contributed by atoms with van der Waals surface area (Å²) >= 11 is 0. The van der Waals surface area contributed by atoms with Gasteiger partial charge in [0.2, 0.25) is 0 Å². The average molecular weight is 226 g/mol. The van der Waals surface area contributed by atoms with Gasteiger partial charge in [-0.3, -0.25) is 0 Å². The minimum absolute atomic E-state index is 0.429. The molecule has 1 rings (SSSR count). The van der Waals surface area contributed by atoms with Gasteiger partial charge in [-0.15, -0.1) is 0 Å². The van der Waals surface area contributed by atoms with Crippen molar-refractivity contribution in [2.45, 2.75) is 58.9 Å². The summed E-state index contributed by atoms with van der Waals surface area (Å²) in [7, 11) is 2.28. The molecule has 0 amide bonds. The van der Waals surface area contributed by atoms with Gasteiger partial charge in [0.15, 0.2) is 0 Å². The molecule has 0 aliphatic heterocycles. The van der Waals surface area contributed by atoms with Crippen LogP contribution in [-0.4, -0.2) is 31.1 Å². The molecule has 0 aromatic heterocycles. The summed E-state index contributed by atoms with van der Waals surface area (Å²) in [6.45, 7) is 9.12. The van der Waals surface area contributed by atoms with Crippen LogP contribution in [0.1, 0.15) is 52.9 Å². The van der Waals surface area contributed by atoms with E-state index in [1.165, 1.54) is 32.2 Å². The number of rotatable bonds is 8. The van der Waals surface area contributed by atoms with Gasteiger partial charge in [-0.05, 0) is 70.5 Å². The standard InChI is InChI=1S/C14H30N2/c1-12(13-6-7-13)16(4)11-5-8-14(2,3)9-10-15/h12-13H,5-11,15H2,1-4H3. The van der Waals surface area contributed by atoms with Crippen molar-refractivity contribution in [2.75, 3.05) is 20.1 Å². The van der Waals surface area contributed by atoms with Crippen LogP contribution >= 0.6 is 0 Å². The molecule has 1 aliphatic rings. The van der Waals surface area contributed by atoms with Crippen molar-refractivity contribution < 1.29 is 0 Å². The SMILES string of the molecule is CC(C1CC1)N(C)CCCC(C)(C)CCN. The number of nitrogens with zero attached hydrogens (tertiary/aromatic N) is 1. The van der Waals surface area contributed by atoms with Gasteiger partial charge in [-0.25, -0.2) is 0 Å². The van der Waals surface area contributed by atoms with E-state index < -0.39 is 0 Å². The highest BCUT2D eigenvalue weighted by Gasteiger charge is 2.30. The fraction of sp³-hybridized carbons (Fsp3) is 1.00. The van der Waals surface area contributed by atoms with Crippen LogP contribution in [0.3, 0.4) is 0 Å². The molecule has 0 aromatic rings. The lowest BCUT2D eigenvalue weighted by Gasteiger charge is -2.28. The first-order valence-electron chi connectivity index (χ1n) is 6.86. The van der Waals surface area contributed by atoms with E-state index in [4.69, 9.17) is 5.73 Å². The van der Waals surface area contributed by atoms with Crippen molar-refractivity contribution in [1.29, 1.82) is 0 Å². The minimum atomic E-state index is 0.429. The molecule has 2 nitrogen and oxygen atoms in total. The molecular weight excluding hydrogens is 196 g/mol. The monoisotopic (exact) mass is 226 g/mol. The molecule has 1 saturated carbocycles. The fourth-order valence-electron chi connectivity index (χ4n) is 2.46. The highest BCUT2D eigenvalue weighted by Crippen LogP contribution is 2.35. The normalized spacial score (nSPS) is 19.1. The molecule has 0 spiro atoms. The summed E-state index contributed by atoms with van der Waals surface area (Å²) in [5, 5.41) is 0. The number of hydrogen-bond acceptors (Lipinski definition) is 2. The van der Waals surface area contributed by atoms with Crippen molar-refractivity contribution in [3.8, 4) is 0 Å². The molecule has 1 aliphatic carbocycles. The van der Waals surface area contributed by atoms with Gasteiger partial charge in [0, 0.05) is 6.04 Å². The van der Waals surface area contributed by atoms with E-state index in [0.717, 1.165) is 24.9 Å². The molecule has 96 valence electrons. The van der Waals surface area contributed by atoms with Crippen LogP contribution in [0.4, 0.5) is 0 Å². The van der Waals surface area contributed by atoms with Crippen LogP contribution in [0.15, 0.2) is 0 Å². The number of hydrogen-bond donors (Lipinski definition) is 1. The summed E-state index contributed by atoms with van der Waals surface area (Å²) in [4.78, 5) is 2.54. The van der Waals surface area contributed by atoms with Crippen molar-refractivity contribution in [3.63, 3.8) is 0 Å². The Balaban J connectivity index is 2.13.